The first-order chi connectivity index (χ1) is 15.0. The van der Waals surface area contributed by atoms with E-state index < -0.39 is 5.97 Å². The molecule has 7 nitrogen and oxygen atoms in total. The zero-order valence-corrected chi connectivity index (χ0v) is 17.3. The third kappa shape index (κ3) is 4.60. The van der Waals surface area contributed by atoms with Gasteiger partial charge >= 0.3 is 5.97 Å². The average Bonchev–Trinajstić information content (AvgIpc) is 3.30. The quantitative estimate of drug-likeness (QED) is 0.572. The van der Waals surface area contributed by atoms with Crippen LogP contribution in [-0.2, 0) is 0 Å². The Morgan fingerprint density at radius 2 is 1.97 bits per heavy atom. The summed E-state index contributed by atoms with van der Waals surface area (Å²) < 4.78 is 11.5. The van der Waals surface area contributed by atoms with Crippen molar-refractivity contribution in [3.63, 3.8) is 0 Å². The number of amides is 1. The Labute approximate surface area is 180 Å². The number of pyridine rings is 1. The number of anilines is 1. The minimum absolute atomic E-state index is 0.115. The third-order valence-electron chi connectivity index (χ3n) is 5.57. The minimum Gasteiger partial charge on any atom is -0.493 e. The number of aromatic carboxylic acids is 1. The Bertz CT molecular complexity index is 1120. The topological polar surface area (TPSA) is 97.8 Å². The van der Waals surface area contributed by atoms with E-state index in [1.54, 1.807) is 49.6 Å². The molecule has 1 heterocycles. The van der Waals surface area contributed by atoms with Crippen LogP contribution in [0, 0.1) is 5.92 Å². The predicted molar refractivity (Wildman–Crippen MR) is 117 cm³/mol. The number of carboxylic acid groups (broad SMARTS) is 1. The van der Waals surface area contributed by atoms with Gasteiger partial charge in [-0.25, -0.2) is 4.79 Å². The number of hydrogen-bond donors (Lipinski definition) is 2. The van der Waals surface area contributed by atoms with E-state index in [9.17, 15) is 9.59 Å². The third-order valence-corrected chi connectivity index (χ3v) is 5.57. The van der Waals surface area contributed by atoms with Gasteiger partial charge in [-0.1, -0.05) is 25.0 Å². The number of aromatic nitrogens is 1. The van der Waals surface area contributed by atoms with Gasteiger partial charge in [-0.2, -0.15) is 0 Å². The van der Waals surface area contributed by atoms with E-state index in [4.69, 9.17) is 14.6 Å². The van der Waals surface area contributed by atoms with Gasteiger partial charge in [0.05, 0.1) is 30.4 Å². The van der Waals surface area contributed by atoms with Gasteiger partial charge in [0.25, 0.3) is 5.91 Å². The lowest BCUT2D eigenvalue weighted by Gasteiger charge is -2.17. The largest absolute Gasteiger partial charge is 0.493 e. The van der Waals surface area contributed by atoms with Crippen LogP contribution >= 0.6 is 0 Å². The van der Waals surface area contributed by atoms with Gasteiger partial charge in [0.1, 0.15) is 0 Å². The number of carbonyl (C=O) groups is 2. The number of nitrogens with zero attached hydrogens (tertiary/aromatic N) is 1. The first-order valence-electron chi connectivity index (χ1n) is 10.3. The molecule has 0 aliphatic heterocycles. The first kappa shape index (κ1) is 20.7. The van der Waals surface area contributed by atoms with Crippen molar-refractivity contribution < 1.29 is 24.2 Å². The van der Waals surface area contributed by atoms with Crippen LogP contribution in [0.1, 0.15) is 46.4 Å². The van der Waals surface area contributed by atoms with Crippen molar-refractivity contribution in [2.24, 2.45) is 5.92 Å². The first-order valence-corrected chi connectivity index (χ1v) is 10.3. The summed E-state index contributed by atoms with van der Waals surface area (Å²) >= 11 is 0. The molecule has 1 fully saturated rings. The highest BCUT2D eigenvalue weighted by Gasteiger charge is 2.21. The molecule has 1 saturated carbocycles. The summed E-state index contributed by atoms with van der Waals surface area (Å²) in [5, 5.41) is 12.7. The Kier molecular flexibility index (Phi) is 6.02. The standard InChI is InChI=1S/C24H24N2O5/c1-30-21-8-4-7-19(22(21)31-14-15-5-2-3-6-15)23(27)26-18-10-9-16-11-17(24(28)29)13-25-20(16)12-18/h4,7-13,15H,2-3,5-6,14H2,1H3,(H,26,27)(H,28,29). The molecule has 0 radical (unpaired) electrons. The molecular weight excluding hydrogens is 396 g/mol. The van der Waals surface area contributed by atoms with E-state index in [1.807, 2.05) is 0 Å². The van der Waals surface area contributed by atoms with E-state index in [-0.39, 0.29) is 11.5 Å². The van der Waals surface area contributed by atoms with Crippen LogP contribution in [0.5, 0.6) is 11.5 Å². The Hall–Kier alpha value is -3.61. The van der Waals surface area contributed by atoms with Crippen molar-refractivity contribution in [3.8, 4) is 11.5 Å². The highest BCUT2D eigenvalue weighted by molar-refractivity contribution is 6.07. The maximum absolute atomic E-state index is 13.0. The van der Waals surface area contributed by atoms with Crippen molar-refractivity contribution in [2.75, 3.05) is 19.0 Å². The SMILES string of the molecule is COc1cccc(C(=O)Nc2ccc3cc(C(=O)O)cnc3c2)c1OCC1CCCC1. The van der Waals surface area contributed by atoms with Crippen molar-refractivity contribution >= 4 is 28.5 Å². The lowest BCUT2D eigenvalue weighted by molar-refractivity contribution is 0.0696. The molecule has 1 amide bonds. The number of nitrogens with one attached hydrogen (secondary N) is 1. The number of methoxy groups -OCH3 is 1. The zero-order valence-electron chi connectivity index (χ0n) is 17.3. The summed E-state index contributed by atoms with van der Waals surface area (Å²) in [4.78, 5) is 28.3. The Morgan fingerprint density at radius 1 is 1.16 bits per heavy atom. The molecule has 1 aliphatic rings. The van der Waals surface area contributed by atoms with Crippen molar-refractivity contribution in [1.82, 2.24) is 4.98 Å². The van der Waals surface area contributed by atoms with Gasteiger partial charge in [0, 0.05) is 17.3 Å². The van der Waals surface area contributed by atoms with Crippen molar-refractivity contribution in [2.45, 2.75) is 25.7 Å². The highest BCUT2D eigenvalue weighted by atomic mass is 16.5. The number of carboxylic acids is 1. The van der Waals surface area contributed by atoms with Crippen LogP contribution in [0.3, 0.4) is 0 Å². The number of benzene rings is 2. The molecule has 0 spiro atoms. The number of rotatable bonds is 7. The van der Waals surface area contributed by atoms with Gasteiger partial charge in [0.2, 0.25) is 0 Å². The summed E-state index contributed by atoms with van der Waals surface area (Å²) in [6.45, 7) is 0.562. The minimum atomic E-state index is -1.03. The van der Waals surface area contributed by atoms with Crippen molar-refractivity contribution in [3.05, 3.63) is 59.8 Å². The summed E-state index contributed by atoms with van der Waals surface area (Å²) in [5.74, 6) is 0.117. The lowest BCUT2D eigenvalue weighted by Crippen LogP contribution is -2.16. The molecule has 0 bridgehead atoms. The molecule has 0 saturated heterocycles. The molecule has 4 rings (SSSR count). The van der Waals surface area contributed by atoms with Gasteiger partial charge in [-0.15, -0.1) is 0 Å². The van der Waals surface area contributed by atoms with E-state index in [0.717, 1.165) is 12.8 Å². The van der Waals surface area contributed by atoms with Gasteiger partial charge in [-0.3, -0.25) is 9.78 Å². The van der Waals surface area contributed by atoms with Crippen LogP contribution in [0.15, 0.2) is 48.7 Å². The Balaban J connectivity index is 1.56. The number of hydrogen-bond acceptors (Lipinski definition) is 5. The average molecular weight is 420 g/mol. The van der Waals surface area contributed by atoms with Crippen LogP contribution in [0.2, 0.25) is 0 Å². The second kappa shape index (κ2) is 9.04. The van der Waals surface area contributed by atoms with E-state index in [0.29, 0.717) is 46.2 Å². The summed E-state index contributed by atoms with van der Waals surface area (Å²) in [7, 11) is 1.56. The fourth-order valence-electron chi connectivity index (χ4n) is 3.90. The van der Waals surface area contributed by atoms with Crippen LogP contribution < -0.4 is 14.8 Å². The number of ether oxygens (including phenoxy) is 2. The fourth-order valence-corrected chi connectivity index (χ4v) is 3.90. The smallest absolute Gasteiger partial charge is 0.337 e. The molecule has 0 unspecified atom stereocenters. The molecule has 2 N–H and O–H groups in total. The van der Waals surface area contributed by atoms with Gasteiger partial charge in [0.15, 0.2) is 11.5 Å². The molecule has 1 aromatic heterocycles. The highest BCUT2D eigenvalue weighted by Crippen LogP contribution is 2.34. The molecule has 2 aromatic carbocycles. The number of fused-ring (bicyclic) bond motifs is 1. The molecule has 0 atom stereocenters. The lowest BCUT2D eigenvalue weighted by atomic mass is 10.1. The normalized spacial score (nSPS) is 13.8. The van der Waals surface area contributed by atoms with E-state index in [1.165, 1.54) is 19.0 Å². The molecule has 3 aromatic rings. The molecule has 160 valence electrons. The fraction of sp³-hybridized carbons (Fsp3) is 0.292. The maximum Gasteiger partial charge on any atom is 0.337 e. The summed E-state index contributed by atoms with van der Waals surface area (Å²) in [6.07, 6.45) is 6.02. The monoisotopic (exact) mass is 420 g/mol. The molecule has 7 heteroatoms. The van der Waals surface area contributed by atoms with Crippen LogP contribution in [-0.4, -0.2) is 35.7 Å². The summed E-state index contributed by atoms with van der Waals surface area (Å²) in [5.41, 5.74) is 1.65. The zero-order chi connectivity index (χ0) is 21.8. The van der Waals surface area contributed by atoms with Gasteiger partial charge < -0.3 is 19.9 Å². The maximum atomic E-state index is 13.0. The summed E-state index contributed by atoms with van der Waals surface area (Å²) in [6, 6.07) is 11.9. The van der Waals surface area contributed by atoms with E-state index in [2.05, 4.69) is 10.3 Å². The Morgan fingerprint density at radius 3 is 2.71 bits per heavy atom. The molecular formula is C24H24N2O5. The molecule has 1 aliphatic carbocycles. The predicted octanol–water partition coefficient (Wildman–Crippen LogP) is 4.76. The van der Waals surface area contributed by atoms with Gasteiger partial charge in [-0.05, 0) is 49.1 Å². The molecule has 31 heavy (non-hydrogen) atoms. The second-order valence-electron chi connectivity index (χ2n) is 7.69. The second-order valence-corrected chi connectivity index (χ2v) is 7.69. The number of para-hydroxylation sites is 1. The number of carbonyl (C=O) groups excluding carboxylic acids is 1. The van der Waals surface area contributed by atoms with Crippen LogP contribution in [0.25, 0.3) is 10.9 Å². The van der Waals surface area contributed by atoms with E-state index >= 15 is 0 Å². The van der Waals surface area contributed by atoms with Crippen molar-refractivity contribution in [1.29, 1.82) is 0 Å². The van der Waals surface area contributed by atoms with Crippen LogP contribution in [0.4, 0.5) is 5.69 Å².